The second-order valence-electron chi connectivity index (χ2n) is 12.2. The molecule has 1 saturated carbocycles. The number of H-pyrrole nitrogens is 1. The molecule has 7 nitrogen and oxygen atoms in total. The number of piperidine rings is 1. The molecule has 3 aliphatic carbocycles. The van der Waals surface area contributed by atoms with Crippen molar-refractivity contribution in [3.05, 3.63) is 62.6 Å². The summed E-state index contributed by atoms with van der Waals surface area (Å²) >= 11 is 0. The number of phenolic OH excluding ortho intramolecular Hbond substituents is 1. The van der Waals surface area contributed by atoms with Crippen LogP contribution in [0.3, 0.4) is 0 Å². The fraction of sp³-hybridized carbons (Fsp3) is 0.567. The van der Waals surface area contributed by atoms with Crippen LogP contribution >= 0.6 is 0 Å². The number of nitrogens with zero attached hydrogens (tertiary/aromatic N) is 2. The third-order valence-electron chi connectivity index (χ3n) is 10.1. The van der Waals surface area contributed by atoms with Crippen LogP contribution in [0.4, 0.5) is 0 Å². The van der Waals surface area contributed by atoms with Crippen molar-refractivity contribution in [2.24, 2.45) is 11.8 Å². The molecule has 2 aromatic rings. The number of aromatic nitrogens is 1. The van der Waals surface area contributed by atoms with Crippen LogP contribution in [-0.4, -0.2) is 63.3 Å². The number of aromatic amines is 1. The molecule has 37 heavy (non-hydrogen) atoms. The number of hydrogen-bond donors (Lipinski definition) is 2. The lowest BCUT2D eigenvalue weighted by Gasteiger charge is -2.59. The Bertz CT molecular complexity index is 1360. The summed E-state index contributed by atoms with van der Waals surface area (Å²) in [6.45, 7) is 4.25. The fourth-order valence-corrected chi connectivity index (χ4v) is 8.11. The Morgan fingerprint density at radius 2 is 1.95 bits per heavy atom. The summed E-state index contributed by atoms with van der Waals surface area (Å²) in [5, 5.41) is 10.4. The normalized spacial score (nSPS) is 30.4. The predicted molar refractivity (Wildman–Crippen MR) is 139 cm³/mol. The van der Waals surface area contributed by atoms with Gasteiger partial charge in [0.25, 0.3) is 11.5 Å². The minimum absolute atomic E-state index is 0.0186. The maximum absolute atomic E-state index is 13.4. The SMILES string of the molecule is CC(=O)[C@@H]1CCCN1C(=O)c1cc2c([nH]c1=O)C[C@]13CCN(CC4CC4)[C@H](Cc4ccc(O)cc41)[C@@H]3C2. The fourth-order valence-electron chi connectivity index (χ4n) is 8.11. The van der Waals surface area contributed by atoms with Crippen LogP contribution in [-0.2, 0) is 29.5 Å². The molecule has 7 rings (SSSR count). The van der Waals surface area contributed by atoms with E-state index in [-0.39, 0.29) is 28.2 Å². The summed E-state index contributed by atoms with van der Waals surface area (Å²) < 4.78 is 0. The van der Waals surface area contributed by atoms with Gasteiger partial charge >= 0.3 is 0 Å². The van der Waals surface area contributed by atoms with E-state index in [4.69, 9.17) is 0 Å². The van der Waals surface area contributed by atoms with Gasteiger partial charge in [0, 0.05) is 30.2 Å². The van der Waals surface area contributed by atoms with Gasteiger partial charge in [-0.2, -0.15) is 0 Å². The van der Waals surface area contributed by atoms with Crippen LogP contribution in [0.5, 0.6) is 5.75 Å². The molecule has 4 atom stereocenters. The second kappa shape index (κ2) is 8.29. The first-order valence-electron chi connectivity index (χ1n) is 14.0. The van der Waals surface area contributed by atoms with Crippen molar-refractivity contribution in [2.45, 2.75) is 75.8 Å². The third kappa shape index (κ3) is 3.61. The Hall–Kier alpha value is -2.93. The van der Waals surface area contributed by atoms with Crippen molar-refractivity contribution in [3.63, 3.8) is 0 Å². The van der Waals surface area contributed by atoms with E-state index in [9.17, 15) is 19.5 Å². The lowest BCUT2D eigenvalue weighted by molar-refractivity contribution is -0.120. The zero-order chi connectivity index (χ0) is 25.5. The number of nitrogens with one attached hydrogen (secondary N) is 1. The van der Waals surface area contributed by atoms with Crippen molar-refractivity contribution in [2.75, 3.05) is 19.6 Å². The highest BCUT2D eigenvalue weighted by Gasteiger charge is 2.55. The molecule has 5 aliphatic rings. The number of amides is 1. The number of fused-ring (bicyclic) bond motifs is 2. The van der Waals surface area contributed by atoms with Gasteiger partial charge in [-0.1, -0.05) is 6.07 Å². The lowest BCUT2D eigenvalue weighted by atomic mass is 9.52. The van der Waals surface area contributed by atoms with Crippen LogP contribution < -0.4 is 5.56 Å². The number of phenols is 1. The number of carbonyl (C=O) groups is 2. The Morgan fingerprint density at radius 3 is 2.73 bits per heavy atom. The van der Waals surface area contributed by atoms with Gasteiger partial charge in [-0.05, 0) is 112 Å². The van der Waals surface area contributed by atoms with Crippen LogP contribution in [0.25, 0.3) is 0 Å². The zero-order valence-corrected chi connectivity index (χ0v) is 21.5. The number of aromatic hydroxyl groups is 1. The summed E-state index contributed by atoms with van der Waals surface area (Å²) in [4.78, 5) is 46.2. The van der Waals surface area contributed by atoms with Crippen molar-refractivity contribution in [1.82, 2.24) is 14.8 Å². The van der Waals surface area contributed by atoms with Gasteiger partial charge in [0.05, 0.1) is 6.04 Å². The number of hydrogen-bond acceptors (Lipinski definition) is 5. The summed E-state index contributed by atoms with van der Waals surface area (Å²) in [5.41, 5.74) is 4.23. The van der Waals surface area contributed by atoms with Crippen molar-refractivity contribution in [3.8, 4) is 5.75 Å². The summed E-state index contributed by atoms with van der Waals surface area (Å²) in [6.07, 6.45) is 7.63. The first kappa shape index (κ1) is 23.2. The monoisotopic (exact) mass is 501 g/mol. The van der Waals surface area contributed by atoms with Crippen LogP contribution in [0.15, 0.2) is 29.1 Å². The molecule has 2 bridgehead atoms. The lowest BCUT2D eigenvalue weighted by Crippen LogP contribution is -2.63. The largest absolute Gasteiger partial charge is 0.508 e. The molecule has 194 valence electrons. The topological polar surface area (TPSA) is 93.7 Å². The highest BCUT2D eigenvalue weighted by molar-refractivity contribution is 5.97. The maximum atomic E-state index is 13.4. The first-order valence-corrected chi connectivity index (χ1v) is 14.0. The van der Waals surface area contributed by atoms with Gasteiger partial charge in [-0.15, -0.1) is 0 Å². The molecule has 1 amide bonds. The summed E-state index contributed by atoms with van der Waals surface area (Å²) in [5.74, 6) is 1.15. The van der Waals surface area contributed by atoms with E-state index in [0.29, 0.717) is 30.7 Å². The molecule has 0 spiro atoms. The molecular weight excluding hydrogens is 466 g/mol. The highest BCUT2D eigenvalue weighted by Crippen LogP contribution is 2.55. The Kier molecular flexibility index (Phi) is 5.20. The van der Waals surface area contributed by atoms with Crippen molar-refractivity contribution in [1.29, 1.82) is 0 Å². The van der Waals surface area contributed by atoms with Crippen LogP contribution in [0.1, 0.15) is 71.8 Å². The smallest absolute Gasteiger partial charge is 0.261 e. The van der Waals surface area contributed by atoms with E-state index in [2.05, 4.69) is 16.0 Å². The number of rotatable bonds is 4. The second-order valence-corrected chi connectivity index (χ2v) is 12.2. The quantitative estimate of drug-likeness (QED) is 0.672. The third-order valence-corrected chi connectivity index (χ3v) is 10.1. The van der Waals surface area contributed by atoms with E-state index in [1.165, 1.54) is 30.9 Å². The number of likely N-dealkylation sites (tertiary alicyclic amines) is 2. The molecule has 7 heteroatoms. The standard InChI is InChI=1S/C30H35N3O4/c1-17(34)26-3-2-9-33(26)29(37)22-11-20-12-24-27-13-19-6-7-21(35)14-23(19)30(24,15-25(20)31-28(22)36)8-10-32(27)16-18-4-5-18/h6-7,11,14,18,24,26-27,35H,2-5,8-10,12-13,15-16H2,1H3,(H,31,36)/t24-,26-,27+,30+/m0/s1. The first-order chi connectivity index (χ1) is 17.8. The minimum atomic E-state index is -0.427. The molecule has 1 aromatic carbocycles. The van der Waals surface area contributed by atoms with Crippen LogP contribution in [0, 0.1) is 11.8 Å². The Balaban J connectivity index is 1.29. The molecule has 2 N–H and O–H groups in total. The number of benzene rings is 1. The number of ketones is 1. The molecule has 2 aliphatic heterocycles. The average Bonchev–Trinajstić information content (AvgIpc) is 3.55. The molecule has 3 fully saturated rings. The molecule has 2 saturated heterocycles. The van der Waals surface area contributed by atoms with Crippen molar-refractivity contribution < 1.29 is 14.7 Å². The zero-order valence-electron chi connectivity index (χ0n) is 21.5. The van der Waals surface area contributed by atoms with E-state index >= 15 is 0 Å². The van der Waals surface area contributed by atoms with Gasteiger partial charge in [0.15, 0.2) is 5.78 Å². The number of carbonyl (C=O) groups excluding carboxylic acids is 2. The van der Waals surface area contributed by atoms with Gasteiger partial charge in [0.2, 0.25) is 0 Å². The van der Waals surface area contributed by atoms with Gasteiger partial charge < -0.3 is 15.0 Å². The molecule has 1 aromatic heterocycles. The number of Topliss-reactive ketones (excluding diaryl/α,β-unsaturated/α-hetero) is 1. The highest BCUT2D eigenvalue weighted by atomic mass is 16.3. The van der Waals surface area contributed by atoms with E-state index in [0.717, 1.165) is 62.4 Å². The summed E-state index contributed by atoms with van der Waals surface area (Å²) in [6, 6.07) is 7.69. The van der Waals surface area contributed by atoms with Gasteiger partial charge in [-0.3, -0.25) is 19.3 Å². The van der Waals surface area contributed by atoms with E-state index in [1.807, 2.05) is 12.1 Å². The number of pyridine rings is 1. The van der Waals surface area contributed by atoms with Gasteiger partial charge in [0.1, 0.15) is 11.3 Å². The van der Waals surface area contributed by atoms with E-state index in [1.54, 1.807) is 11.0 Å². The molecular formula is C30H35N3O4. The summed E-state index contributed by atoms with van der Waals surface area (Å²) in [7, 11) is 0. The molecule has 0 radical (unpaired) electrons. The Morgan fingerprint density at radius 1 is 1.11 bits per heavy atom. The van der Waals surface area contributed by atoms with Gasteiger partial charge in [-0.25, -0.2) is 0 Å². The predicted octanol–water partition coefficient (Wildman–Crippen LogP) is 2.97. The maximum Gasteiger partial charge on any atom is 0.261 e. The van der Waals surface area contributed by atoms with Crippen LogP contribution in [0.2, 0.25) is 0 Å². The molecule has 3 heterocycles. The van der Waals surface area contributed by atoms with Crippen molar-refractivity contribution >= 4 is 11.7 Å². The average molecular weight is 502 g/mol. The van der Waals surface area contributed by atoms with E-state index < -0.39 is 6.04 Å². The molecule has 0 unspecified atom stereocenters. The Labute approximate surface area is 216 Å². The minimum Gasteiger partial charge on any atom is -0.508 e.